The van der Waals surface area contributed by atoms with Crippen LogP contribution in [0.1, 0.15) is 69.4 Å². The molecule has 1 aliphatic heterocycles. The molecule has 4 aromatic rings. The first kappa shape index (κ1) is 24.3. The molecule has 0 saturated heterocycles. The summed E-state index contributed by atoms with van der Waals surface area (Å²) in [5, 5.41) is 7.31. The molecule has 198 valence electrons. The Labute approximate surface area is 228 Å². The molecule has 2 aliphatic carbocycles. The van der Waals surface area contributed by atoms with Gasteiger partial charge in [-0.2, -0.15) is 5.10 Å². The zero-order valence-electron chi connectivity index (χ0n) is 21.1. The molecular weight excluding hydrogens is 518 g/mol. The van der Waals surface area contributed by atoms with Crippen molar-refractivity contribution < 1.29 is 18.4 Å². The second kappa shape index (κ2) is 9.19. The predicted molar refractivity (Wildman–Crippen MR) is 146 cm³/mol. The zero-order valence-corrected chi connectivity index (χ0v) is 21.9. The number of ketones is 1. The number of hydrogen-bond donors (Lipinski definition) is 1. The van der Waals surface area contributed by atoms with Crippen LogP contribution in [0, 0.1) is 5.92 Å². The summed E-state index contributed by atoms with van der Waals surface area (Å²) in [5.41, 5.74) is 5.77. The van der Waals surface area contributed by atoms with Crippen molar-refractivity contribution in [3.8, 4) is 21.7 Å². The molecule has 0 bridgehead atoms. The van der Waals surface area contributed by atoms with Gasteiger partial charge in [0.2, 0.25) is 5.92 Å². The molecule has 3 aliphatic rings. The number of aromatic amines is 1. The van der Waals surface area contributed by atoms with Crippen molar-refractivity contribution in [2.45, 2.75) is 50.4 Å². The lowest BCUT2D eigenvalue weighted by Gasteiger charge is -2.34. The molecule has 0 radical (unpaired) electrons. The number of alkyl halides is 2. The largest absolute Gasteiger partial charge is 0.306 e. The van der Waals surface area contributed by atoms with Crippen LogP contribution in [0.5, 0.6) is 0 Å². The Kier molecular flexibility index (Phi) is 5.73. The Morgan fingerprint density at radius 1 is 1.08 bits per heavy atom. The van der Waals surface area contributed by atoms with Gasteiger partial charge in [-0.25, -0.2) is 13.8 Å². The molecular formula is C30H26F2N4O2S. The quantitative estimate of drug-likeness (QED) is 0.268. The SMILES string of the molecule is O=C(CC1CC(F)(F)C1)c1cc2c(s1)-c1ccccc1N(C(=O)c1cccc(-c3cn[nH]c3C3CC3)n1)CC2. The number of Topliss-reactive ketones (excluding diaryl/α,β-unsaturated/α-hetero) is 1. The number of aromatic nitrogens is 3. The topological polar surface area (TPSA) is 79.0 Å². The van der Waals surface area contributed by atoms with Crippen LogP contribution in [0.15, 0.2) is 54.7 Å². The Bertz CT molecular complexity index is 1600. The number of H-pyrrole nitrogens is 1. The van der Waals surface area contributed by atoms with Gasteiger partial charge in [0.05, 0.1) is 22.5 Å². The smallest absolute Gasteiger partial charge is 0.276 e. The number of halogens is 2. The Balaban J connectivity index is 1.17. The van der Waals surface area contributed by atoms with Gasteiger partial charge in [0, 0.05) is 53.4 Å². The Morgan fingerprint density at radius 3 is 2.69 bits per heavy atom. The van der Waals surface area contributed by atoms with E-state index in [2.05, 4.69) is 10.2 Å². The minimum Gasteiger partial charge on any atom is -0.306 e. The van der Waals surface area contributed by atoms with Gasteiger partial charge >= 0.3 is 0 Å². The third kappa shape index (κ3) is 4.48. The fourth-order valence-electron chi connectivity index (χ4n) is 5.76. The van der Waals surface area contributed by atoms with Crippen LogP contribution < -0.4 is 4.90 Å². The number of fused-ring (bicyclic) bond motifs is 3. The van der Waals surface area contributed by atoms with E-state index in [4.69, 9.17) is 4.98 Å². The second-order valence-corrected chi connectivity index (χ2v) is 11.9. The van der Waals surface area contributed by atoms with Crippen LogP contribution in [0.25, 0.3) is 21.7 Å². The van der Waals surface area contributed by atoms with Crippen molar-refractivity contribution in [2.75, 3.05) is 11.4 Å². The molecule has 2 saturated carbocycles. The van der Waals surface area contributed by atoms with E-state index >= 15 is 0 Å². The van der Waals surface area contributed by atoms with E-state index in [0.717, 1.165) is 51.5 Å². The molecule has 1 N–H and O–H groups in total. The molecule has 2 fully saturated rings. The van der Waals surface area contributed by atoms with Crippen molar-refractivity contribution in [1.82, 2.24) is 15.2 Å². The number of rotatable bonds is 6. The van der Waals surface area contributed by atoms with E-state index in [0.29, 0.717) is 29.5 Å². The normalized spacial score (nSPS) is 18.2. The molecule has 1 amide bonds. The number of nitrogens with one attached hydrogen (secondary N) is 1. The first-order chi connectivity index (χ1) is 18.9. The molecule has 1 aromatic carbocycles. The van der Waals surface area contributed by atoms with E-state index in [-0.39, 0.29) is 36.9 Å². The Hall–Kier alpha value is -3.72. The summed E-state index contributed by atoms with van der Waals surface area (Å²) in [6.07, 6.45) is 4.36. The van der Waals surface area contributed by atoms with Gasteiger partial charge in [-0.1, -0.05) is 24.3 Å². The summed E-state index contributed by atoms with van der Waals surface area (Å²) in [5.74, 6) is -2.66. The summed E-state index contributed by atoms with van der Waals surface area (Å²) in [6.45, 7) is 0.437. The number of anilines is 1. The lowest BCUT2D eigenvalue weighted by Crippen LogP contribution is -2.36. The highest BCUT2D eigenvalue weighted by molar-refractivity contribution is 7.17. The predicted octanol–water partition coefficient (Wildman–Crippen LogP) is 6.90. The van der Waals surface area contributed by atoms with Gasteiger partial charge in [-0.3, -0.25) is 14.7 Å². The number of hydrogen-bond acceptors (Lipinski definition) is 5. The van der Waals surface area contributed by atoms with Crippen molar-refractivity contribution >= 4 is 28.7 Å². The summed E-state index contributed by atoms with van der Waals surface area (Å²) >= 11 is 1.40. The number of benzene rings is 1. The van der Waals surface area contributed by atoms with Crippen LogP contribution in [-0.4, -0.2) is 39.3 Å². The first-order valence-corrected chi connectivity index (χ1v) is 14.1. The first-order valence-electron chi connectivity index (χ1n) is 13.3. The highest BCUT2D eigenvalue weighted by Gasteiger charge is 2.46. The zero-order chi connectivity index (χ0) is 26.7. The highest BCUT2D eigenvalue weighted by atomic mass is 32.1. The minimum absolute atomic E-state index is 0.0789. The summed E-state index contributed by atoms with van der Waals surface area (Å²) in [6, 6.07) is 15.1. The number of para-hydroxylation sites is 1. The van der Waals surface area contributed by atoms with Crippen LogP contribution in [0.4, 0.5) is 14.5 Å². The van der Waals surface area contributed by atoms with E-state index in [1.165, 1.54) is 11.3 Å². The molecule has 9 heteroatoms. The number of amides is 1. The fourth-order valence-corrected chi connectivity index (χ4v) is 6.95. The van der Waals surface area contributed by atoms with Crippen LogP contribution >= 0.6 is 11.3 Å². The molecule has 4 heterocycles. The third-order valence-corrected chi connectivity index (χ3v) is 9.17. The number of thiophene rings is 1. The van der Waals surface area contributed by atoms with E-state index in [1.807, 2.05) is 42.5 Å². The summed E-state index contributed by atoms with van der Waals surface area (Å²) in [7, 11) is 0. The molecule has 0 atom stereocenters. The van der Waals surface area contributed by atoms with Gasteiger partial charge in [0.15, 0.2) is 5.78 Å². The number of pyridine rings is 1. The van der Waals surface area contributed by atoms with Gasteiger partial charge in [-0.15, -0.1) is 11.3 Å². The average molecular weight is 545 g/mol. The maximum absolute atomic E-state index is 13.9. The second-order valence-electron chi connectivity index (χ2n) is 10.8. The van der Waals surface area contributed by atoms with Crippen molar-refractivity contribution in [3.05, 3.63) is 76.6 Å². The van der Waals surface area contributed by atoms with E-state index in [1.54, 1.807) is 17.2 Å². The number of nitrogens with zero attached hydrogens (tertiary/aromatic N) is 3. The third-order valence-electron chi connectivity index (χ3n) is 7.92. The van der Waals surface area contributed by atoms with Gasteiger partial charge in [-0.05, 0) is 55.0 Å². The number of carbonyl (C=O) groups excluding carboxylic acids is 2. The molecule has 6 nitrogen and oxygen atoms in total. The molecule has 0 spiro atoms. The maximum atomic E-state index is 13.9. The number of carbonyl (C=O) groups is 2. The van der Waals surface area contributed by atoms with E-state index < -0.39 is 5.92 Å². The molecule has 3 aromatic heterocycles. The lowest BCUT2D eigenvalue weighted by atomic mass is 9.78. The van der Waals surface area contributed by atoms with E-state index in [9.17, 15) is 18.4 Å². The Morgan fingerprint density at radius 2 is 1.90 bits per heavy atom. The molecule has 39 heavy (non-hydrogen) atoms. The van der Waals surface area contributed by atoms with Crippen LogP contribution in [0.3, 0.4) is 0 Å². The molecule has 7 rings (SSSR count). The summed E-state index contributed by atoms with van der Waals surface area (Å²) in [4.78, 5) is 34.8. The standard InChI is InChI=1S/C30H26F2N4O2S/c31-30(32)14-17(15-30)12-25(37)26-13-19-10-11-36(24-7-2-1-4-20(24)28(19)39-26)29(38)23-6-3-5-22(34-23)21-16-33-35-27(21)18-8-9-18/h1-7,13,16-18H,8-12,14-15H2,(H,33,35). The van der Waals surface area contributed by atoms with Crippen molar-refractivity contribution in [3.63, 3.8) is 0 Å². The van der Waals surface area contributed by atoms with Crippen molar-refractivity contribution in [1.29, 1.82) is 0 Å². The van der Waals surface area contributed by atoms with Gasteiger partial charge in [0.1, 0.15) is 5.69 Å². The van der Waals surface area contributed by atoms with Gasteiger partial charge in [0.25, 0.3) is 5.91 Å². The van der Waals surface area contributed by atoms with Crippen molar-refractivity contribution in [2.24, 2.45) is 5.92 Å². The maximum Gasteiger partial charge on any atom is 0.276 e. The van der Waals surface area contributed by atoms with Gasteiger partial charge < -0.3 is 4.90 Å². The fraction of sp³-hybridized carbons (Fsp3) is 0.333. The minimum atomic E-state index is -2.63. The lowest BCUT2D eigenvalue weighted by molar-refractivity contribution is -0.109. The average Bonchev–Trinajstić information content (AvgIpc) is 3.52. The molecule has 0 unspecified atom stereocenters. The van der Waals surface area contributed by atoms with Crippen LogP contribution in [-0.2, 0) is 6.42 Å². The monoisotopic (exact) mass is 544 g/mol. The highest BCUT2D eigenvalue weighted by Crippen LogP contribution is 2.46. The summed E-state index contributed by atoms with van der Waals surface area (Å²) < 4.78 is 26.5. The van der Waals surface area contributed by atoms with Crippen LogP contribution in [0.2, 0.25) is 0 Å².